The van der Waals surface area contributed by atoms with Crippen molar-refractivity contribution >= 4 is 10.9 Å². The van der Waals surface area contributed by atoms with Crippen LogP contribution in [0.2, 0.25) is 0 Å². The second kappa shape index (κ2) is 4.68. The molecule has 0 aliphatic heterocycles. The van der Waals surface area contributed by atoms with E-state index in [1.807, 2.05) is 19.1 Å². The fraction of sp³-hybridized carbons (Fsp3) is 0.467. The standard InChI is InChI=1S/C15H18N2O2/c1-10-6-5-9-12-13(10)14(18)17(15(19)16-12)11-7-3-2-4-8-11/h5-6,9,11H,2-4,7-8H2,1H3,(H,16,19). The third-order valence-electron chi connectivity index (χ3n) is 4.11. The van der Waals surface area contributed by atoms with Crippen molar-refractivity contribution in [3.63, 3.8) is 0 Å². The Kier molecular flexibility index (Phi) is 3.01. The Bertz CT molecular complexity index is 721. The molecule has 2 aromatic rings. The van der Waals surface area contributed by atoms with Gasteiger partial charge in [-0.3, -0.25) is 9.36 Å². The molecular weight excluding hydrogens is 240 g/mol. The molecule has 100 valence electrons. The monoisotopic (exact) mass is 258 g/mol. The third kappa shape index (κ3) is 2.01. The molecule has 4 nitrogen and oxygen atoms in total. The lowest BCUT2D eigenvalue weighted by Crippen LogP contribution is -2.39. The zero-order valence-electron chi connectivity index (χ0n) is 11.1. The fourth-order valence-corrected chi connectivity index (χ4v) is 3.11. The highest BCUT2D eigenvalue weighted by molar-refractivity contribution is 5.80. The number of aromatic nitrogens is 2. The van der Waals surface area contributed by atoms with Gasteiger partial charge >= 0.3 is 5.69 Å². The fourth-order valence-electron chi connectivity index (χ4n) is 3.11. The van der Waals surface area contributed by atoms with Gasteiger partial charge in [0.2, 0.25) is 0 Å². The molecule has 1 saturated carbocycles. The predicted octanol–water partition coefficient (Wildman–Crippen LogP) is 2.50. The van der Waals surface area contributed by atoms with Crippen molar-refractivity contribution in [2.75, 3.05) is 0 Å². The van der Waals surface area contributed by atoms with Gasteiger partial charge in [0.15, 0.2) is 0 Å². The van der Waals surface area contributed by atoms with Crippen LogP contribution in [0.5, 0.6) is 0 Å². The van der Waals surface area contributed by atoms with Crippen molar-refractivity contribution in [1.82, 2.24) is 9.55 Å². The van der Waals surface area contributed by atoms with E-state index in [0.717, 1.165) is 31.2 Å². The van der Waals surface area contributed by atoms with Crippen molar-refractivity contribution in [3.05, 3.63) is 44.6 Å². The van der Waals surface area contributed by atoms with E-state index in [1.165, 1.54) is 11.0 Å². The van der Waals surface area contributed by atoms with Crippen molar-refractivity contribution in [2.45, 2.75) is 45.1 Å². The molecule has 19 heavy (non-hydrogen) atoms. The number of nitrogens with zero attached hydrogens (tertiary/aromatic N) is 1. The molecule has 0 radical (unpaired) electrons. The minimum absolute atomic E-state index is 0.0639. The average molecular weight is 258 g/mol. The van der Waals surface area contributed by atoms with Gasteiger partial charge in [-0.2, -0.15) is 0 Å². The Labute approximate surface area is 111 Å². The van der Waals surface area contributed by atoms with Gasteiger partial charge in [0.1, 0.15) is 0 Å². The molecule has 1 fully saturated rings. The van der Waals surface area contributed by atoms with Gasteiger partial charge in [0, 0.05) is 6.04 Å². The number of nitrogens with one attached hydrogen (secondary N) is 1. The van der Waals surface area contributed by atoms with Crippen LogP contribution in [0.1, 0.15) is 43.7 Å². The number of fused-ring (bicyclic) bond motifs is 1. The summed E-state index contributed by atoms with van der Waals surface area (Å²) in [6.45, 7) is 1.91. The quantitative estimate of drug-likeness (QED) is 0.854. The molecule has 4 heteroatoms. The summed E-state index contributed by atoms with van der Waals surface area (Å²) in [5.74, 6) is 0. The molecule has 0 spiro atoms. The van der Waals surface area contributed by atoms with Crippen LogP contribution >= 0.6 is 0 Å². The summed E-state index contributed by atoms with van der Waals surface area (Å²) < 4.78 is 1.44. The summed E-state index contributed by atoms with van der Waals surface area (Å²) in [6, 6.07) is 5.62. The molecule has 1 aliphatic carbocycles. The highest BCUT2D eigenvalue weighted by Crippen LogP contribution is 2.26. The number of aromatic amines is 1. The summed E-state index contributed by atoms with van der Waals surface area (Å²) in [7, 11) is 0. The first-order valence-electron chi connectivity index (χ1n) is 6.92. The van der Waals surface area contributed by atoms with Crippen molar-refractivity contribution in [3.8, 4) is 0 Å². The van der Waals surface area contributed by atoms with Crippen LogP contribution in [0.3, 0.4) is 0 Å². The van der Waals surface area contributed by atoms with Gasteiger partial charge in [-0.25, -0.2) is 4.79 Å². The van der Waals surface area contributed by atoms with Gasteiger partial charge in [0.25, 0.3) is 5.56 Å². The Morgan fingerprint density at radius 2 is 1.89 bits per heavy atom. The molecule has 3 rings (SSSR count). The smallest absolute Gasteiger partial charge is 0.307 e. The number of hydrogen-bond donors (Lipinski definition) is 1. The number of benzene rings is 1. The summed E-state index contributed by atoms with van der Waals surface area (Å²) in [6.07, 6.45) is 5.27. The van der Waals surface area contributed by atoms with Crippen LogP contribution < -0.4 is 11.2 Å². The van der Waals surface area contributed by atoms with E-state index in [9.17, 15) is 9.59 Å². The zero-order chi connectivity index (χ0) is 13.4. The molecule has 0 saturated heterocycles. The van der Waals surface area contributed by atoms with Gasteiger partial charge in [-0.1, -0.05) is 31.4 Å². The lowest BCUT2D eigenvalue weighted by molar-refractivity contribution is 0.338. The zero-order valence-corrected chi connectivity index (χ0v) is 11.1. The van der Waals surface area contributed by atoms with E-state index in [-0.39, 0.29) is 17.3 Å². The second-order valence-corrected chi connectivity index (χ2v) is 5.39. The third-order valence-corrected chi connectivity index (χ3v) is 4.11. The van der Waals surface area contributed by atoms with Gasteiger partial charge in [-0.15, -0.1) is 0 Å². The topological polar surface area (TPSA) is 54.9 Å². The molecule has 0 bridgehead atoms. The minimum atomic E-state index is -0.269. The van der Waals surface area contributed by atoms with E-state index in [2.05, 4.69) is 4.98 Å². The Balaban J connectivity index is 2.27. The first kappa shape index (κ1) is 12.2. The van der Waals surface area contributed by atoms with Crippen molar-refractivity contribution in [1.29, 1.82) is 0 Å². The lowest BCUT2D eigenvalue weighted by Gasteiger charge is -2.23. The average Bonchev–Trinajstić information content (AvgIpc) is 2.39. The van der Waals surface area contributed by atoms with Crippen molar-refractivity contribution < 1.29 is 0 Å². The molecule has 1 heterocycles. The van der Waals surface area contributed by atoms with E-state index in [1.54, 1.807) is 6.07 Å². The van der Waals surface area contributed by atoms with Gasteiger partial charge in [-0.05, 0) is 31.4 Å². The number of rotatable bonds is 1. The molecular formula is C15H18N2O2. The van der Waals surface area contributed by atoms with E-state index in [0.29, 0.717) is 10.9 Å². The number of aryl methyl sites for hydroxylation is 1. The largest absolute Gasteiger partial charge is 0.329 e. The summed E-state index contributed by atoms with van der Waals surface area (Å²) >= 11 is 0. The Hall–Kier alpha value is -1.84. The molecule has 1 aliphatic rings. The van der Waals surface area contributed by atoms with Crippen LogP contribution in [-0.2, 0) is 0 Å². The predicted molar refractivity (Wildman–Crippen MR) is 75.7 cm³/mol. The molecule has 1 N–H and O–H groups in total. The highest BCUT2D eigenvalue weighted by atomic mass is 16.2. The SMILES string of the molecule is Cc1cccc2[nH]c(=O)n(C3CCCCC3)c(=O)c12. The first-order valence-corrected chi connectivity index (χ1v) is 6.92. The molecule has 0 unspecified atom stereocenters. The van der Waals surface area contributed by atoms with Crippen molar-refractivity contribution in [2.24, 2.45) is 0 Å². The molecule has 1 aromatic carbocycles. The minimum Gasteiger partial charge on any atom is -0.307 e. The van der Waals surface area contributed by atoms with E-state index in [4.69, 9.17) is 0 Å². The van der Waals surface area contributed by atoms with Crippen LogP contribution in [-0.4, -0.2) is 9.55 Å². The van der Waals surface area contributed by atoms with Crippen LogP contribution in [0.15, 0.2) is 27.8 Å². The van der Waals surface area contributed by atoms with Gasteiger partial charge < -0.3 is 4.98 Å². The first-order chi connectivity index (χ1) is 9.18. The lowest BCUT2D eigenvalue weighted by atomic mass is 9.95. The molecule has 1 aromatic heterocycles. The van der Waals surface area contributed by atoms with Crippen LogP contribution in [0.25, 0.3) is 10.9 Å². The number of H-pyrrole nitrogens is 1. The van der Waals surface area contributed by atoms with Crippen LogP contribution in [0.4, 0.5) is 0 Å². The normalized spacial score (nSPS) is 16.9. The Morgan fingerprint density at radius 3 is 2.63 bits per heavy atom. The second-order valence-electron chi connectivity index (χ2n) is 5.39. The summed E-state index contributed by atoms with van der Waals surface area (Å²) in [5.41, 5.74) is 1.16. The summed E-state index contributed by atoms with van der Waals surface area (Å²) in [4.78, 5) is 27.6. The van der Waals surface area contributed by atoms with Gasteiger partial charge in [0.05, 0.1) is 10.9 Å². The molecule has 0 atom stereocenters. The van der Waals surface area contributed by atoms with E-state index < -0.39 is 0 Å². The summed E-state index contributed by atoms with van der Waals surface area (Å²) in [5, 5.41) is 0.646. The molecule has 0 amide bonds. The van der Waals surface area contributed by atoms with Crippen LogP contribution in [0, 0.1) is 6.92 Å². The maximum Gasteiger partial charge on any atom is 0.329 e. The van der Waals surface area contributed by atoms with E-state index >= 15 is 0 Å². The number of hydrogen-bond acceptors (Lipinski definition) is 2. The Morgan fingerprint density at radius 1 is 1.16 bits per heavy atom. The maximum absolute atomic E-state index is 12.6. The highest BCUT2D eigenvalue weighted by Gasteiger charge is 2.20. The maximum atomic E-state index is 12.6.